The van der Waals surface area contributed by atoms with Crippen LogP contribution in [-0.2, 0) is 16.1 Å². The van der Waals surface area contributed by atoms with Crippen molar-refractivity contribution in [3.05, 3.63) is 48.0 Å². The van der Waals surface area contributed by atoms with Crippen LogP contribution in [-0.4, -0.2) is 40.0 Å². The van der Waals surface area contributed by atoms with Crippen LogP contribution in [0, 0.1) is 5.92 Å². The minimum atomic E-state index is -0.643. The van der Waals surface area contributed by atoms with Crippen molar-refractivity contribution in [3.8, 4) is 0 Å². The Hall–Kier alpha value is -1.69. The maximum Gasteiger partial charge on any atom is 0.243 e. The predicted molar refractivity (Wildman–Crippen MR) is 77.4 cm³/mol. The number of ether oxygens (including phenoxy) is 1. The maximum atomic E-state index is 11.1. The van der Waals surface area contributed by atoms with E-state index < -0.39 is 12.0 Å². The summed E-state index contributed by atoms with van der Waals surface area (Å²) in [5, 5.41) is 20.4. The number of hydroxylamine groups is 2. The lowest BCUT2D eigenvalue weighted by Gasteiger charge is -2.22. The molecule has 1 amide bonds. The van der Waals surface area contributed by atoms with Gasteiger partial charge in [-0.05, 0) is 12.0 Å². The summed E-state index contributed by atoms with van der Waals surface area (Å²) in [5.41, 5.74) is 1.06. The van der Waals surface area contributed by atoms with Crippen LogP contribution in [0.25, 0.3) is 0 Å². The Morgan fingerprint density at radius 1 is 1.38 bits per heavy atom. The second-order valence-electron chi connectivity index (χ2n) is 5.28. The highest BCUT2D eigenvalue weighted by molar-refractivity contribution is 5.72. The lowest BCUT2D eigenvalue weighted by atomic mass is 10.0. The third kappa shape index (κ3) is 4.39. The minimum Gasteiger partial charge on any atom is -0.390 e. The van der Waals surface area contributed by atoms with Gasteiger partial charge in [-0.2, -0.15) is 0 Å². The van der Waals surface area contributed by atoms with E-state index >= 15 is 0 Å². The fourth-order valence-electron chi connectivity index (χ4n) is 2.40. The summed E-state index contributed by atoms with van der Waals surface area (Å²) in [7, 11) is 0. The first kappa shape index (κ1) is 15.7. The smallest absolute Gasteiger partial charge is 0.243 e. The van der Waals surface area contributed by atoms with E-state index in [4.69, 9.17) is 4.74 Å². The summed E-state index contributed by atoms with van der Waals surface area (Å²) in [6.45, 7) is 1.99. The number of aliphatic hydroxyl groups excluding tert-OH is 1. The molecule has 0 radical (unpaired) electrons. The molecule has 0 spiro atoms. The van der Waals surface area contributed by atoms with E-state index in [-0.39, 0.29) is 18.6 Å². The Kier molecular flexibility index (Phi) is 5.50. The fourth-order valence-corrected chi connectivity index (χ4v) is 2.40. The molecule has 1 aromatic rings. The molecule has 114 valence electrons. The van der Waals surface area contributed by atoms with Gasteiger partial charge in [0.05, 0.1) is 25.4 Å². The Balaban J connectivity index is 1.74. The molecule has 0 fully saturated rings. The van der Waals surface area contributed by atoms with Gasteiger partial charge >= 0.3 is 0 Å². The van der Waals surface area contributed by atoms with Crippen molar-refractivity contribution in [1.82, 2.24) is 5.06 Å². The third-order valence-electron chi connectivity index (χ3n) is 3.63. The first-order valence-electron chi connectivity index (χ1n) is 7.04. The van der Waals surface area contributed by atoms with Gasteiger partial charge in [-0.25, -0.2) is 5.06 Å². The summed E-state index contributed by atoms with van der Waals surface area (Å²) in [4.78, 5) is 11.1. The monoisotopic (exact) mass is 291 g/mol. The highest BCUT2D eigenvalue weighted by atomic mass is 16.5. The van der Waals surface area contributed by atoms with Crippen molar-refractivity contribution in [2.75, 3.05) is 6.61 Å². The largest absolute Gasteiger partial charge is 0.390 e. The molecule has 1 aliphatic rings. The average Bonchev–Trinajstić information content (AvgIpc) is 2.97. The Bertz CT molecular complexity index is 488. The maximum absolute atomic E-state index is 11.1. The lowest BCUT2D eigenvalue weighted by Crippen LogP contribution is -2.35. The first-order valence-corrected chi connectivity index (χ1v) is 7.04. The fraction of sp³-hybridized carbons (Fsp3) is 0.438. The molecule has 1 aromatic carbocycles. The van der Waals surface area contributed by atoms with E-state index in [1.165, 1.54) is 6.92 Å². The van der Waals surface area contributed by atoms with Gasteiger partial charge in [0.15, 0.2) is 0 Å². The highest BCUT2D eigenvalue weighted by Gasteiger charge is 2.29. The number of hydrogen-bond donors (Lipinski definition) is 2. The molecule has 2 N–H and O–H groups in total. The molecule has 2 rings (SSSR count). The van der Waals surface area contributed by atoms with Crippen LogP contribution in [0.15, 0.2) is 42.5 Å². The van der Waals surface area contributed by atoms with Crippen molar-refractivity contribution in [2.45, 2.75) is 32.1 Å². The van der Waals surface area contributed by atoms with E-state index in [1.807, 2.05) is 36.4 Å². The number of carbonyl (C=O) groups is 1. The van der Waals surface area contributed by atoms with E-state index in [2.05, 4.69) is 0 Å². The topological polar surface area (TPSA) is 70.0 Å². The van der Waals surface area contributed by atoms with Gasteiger partial charge in [-0.1, -0.05) is 42.5 Å². The van der Waals surface area contributed by atoms with Gasteiger partial charge in [0.25, 0.3) is 0 Å². The van der Waals surface area contributed by atoms with Crippen molar-refractivity contribution in [2.24, 2.45) is 5.92 Å². The van der Waals surface area contributed by atoms with Gasteiger partial charge in [0, 0.05) is 12.8 Å². The van der Waals surface area contributed by atoms with Gasteiger partial charge in [-0.15, -0.1) is 0 Å². The SMILES string of the molecule is CC(=O)N(O)[C@H]1C=C[C@@H](C(O)COCc2ccccc2)C1. The molecule has 21 heavy (non-hydrogen) atoms. The number of amides is 1. The Morgan fingerprint density at radius 3 is 2.76 bits per heavy atom. The summed E-state index contributed by atoms with van der Waals surface area (Å²) >= 11 is 0. The summed E-state index contributed by atoms with van der Waals surface area (Å²) < 4.78 is 5.51. The van der Waals surface area contributed by atoms with E-state index in [0.29, 0.717) is 18.1 Å². The number of hydrogen-bond acceptors (Lipinski definition) is 4. The highest BCUT2D eigenvalue weighted by Crippen LogP contribution is 2.25. The van der Waals surface area contributed by atoms with Gasteiger partial charge < -0.3 is 9.84 Å². The van der Waals surface area contributed by atoms with E-state index in [1.54, 1.807) is 6.08 Å². The second kappa shape index (κ2) is 7.36. The van der Waals surface area contributed by atoms with Crippen LogP contribution >= 0.6 is 0 Å². The quantitative estimate of drug-likeness (QED) is 0.476. The molecule has 3 atom stereocenters. The minimum absolute atomic E-state index is 0.111. The van der Waals surface area contributed by atoms with Crippen molar-refractivity contribution in [3.63, 3.8) is 0 Å². The van der Waals surface area contributed by atoms with Crippen LogP contribution in [0.4, 0.5) is 0 Å². The van der Waals surface area contributed by atoms with Crippen molar-refractivity contribution in [1.29, 1.82) is 0 Å². The Labute approximate surface area is 124 Å². The summed E-state index contributed by atoms with van der Waals surface area (Å²) in [6, 6.07) is 9.39. The lowest BCUT2D eigenvalue weighted by molar-refractivity contribution is -0.169. The summed E-state index contributed by atoms with van der Waals surface area (Å²) in [6.07, 6.45) is 3.43. The predicted octanol–water partition coefficient (Wildman–Crippen LogP) is 1.75. The molecule has 1 aliphatic carbocycles. The van der Waals surface area contributed by atoms with Gasteiger partial charge in [0.2, 0.25) is 5.91 Å². The van der Waals surface area contributed by atoms with Crippen LogP contribution in [0.5, 0.6) is 0 Å². The number of nitrogens with zero attached hydrogens (tertiary/aromatic N) is 1. The molecule has 1 unspecified atom stereocenters. The molecular formula is C16H21NO4. The molecule has 0 aliphatic heterocycles. The van der Waals surface area contributed by atoms with Crippen molar-refractivity contribution >= 4 is 5.91 Å². The molecule has 5 nitrogen and oxygen atoms in total. The van der Waals surface area contributed by atoms with E-state index in [9.17, 15) is 15.1 Å². The second-order valence-corrected chi connectivity index (χ2v) is 5.28. The number of benzene rings is 1. The molecule has 0 heterocycles. The third-order valence-corrected chi connectivity index (χ3v) is 3.63. The summed E-state index contributed by atoms with van der Waals surface area (Å²) in [5.74, 6) is -0.514. The molecule has 0 saturated heterocycles. The standard InChI is InChI=1S/C16H21NO4/c1-12(18)17(20)15-8-7-14(9-15)16(19)11-21-10-13-5-3-2-4-6-13/h2-8,14-16,19-20H,9-11H2,1H3/t14-,15+,16?/m1/s1. The van der Waals surface area contributed by atoms with Crippen LogP contribution in [0.3, 0.4) is 0 Å². The van der Waals surface area contributed by atoms with Crippen molar-refractivity contribution < 1.29 is 19.8 Å². The van der Waals surface area contributed by atoms with Gasteiger partial charge in [0.1, 0.15) is 0 Å². The molecule has 0 bridgehead atoms. The Morgan fingerprint density at radius 2 is 2.10 bits per heavy atom. The number of rotatable bonds is 6. The molecule has 0 saturated carbocycles. The number of aliphatic hydroxyl groups is 1. The normalized spacial score (nSPS) is 22.2. The molecule has 5 heteroatoms. The average molecular weight is 291 g/mol. The van der Waals surface area contributed by atoms with Gasteiger partial charge in [-0.3, -0.25) is 10.0 Å². The number of carbonyl (C=O) groups excluding carboxylic acids is 1. The van der Waals surface area contributed by atoms with E-state index in [0.717, 1.165) is 5.56 Å². The van der Waals surface area contributed by atoms with Crippen LogP contribution < -0.4 is 0 Å². The molecular weight excluding hydrogens is 270 g/mol. The van der Waals surface area contributed by atoms with Crippen LogP contribution in [0.1, 0.15) is 18.9 Å². The zero-order valence-corrected chi connectivity index (χ0v) is 12.1. The zero-order chi connectivity index (χ0) is 15.2. The van der Waals surface area contributed by atoms with Crippen LogP contribution in [0.2, 0.25) is 0 Å². The zero-order valence-electron chi connectivity index (χ0n) is 12.1. The first-order chi connectivity index (χ1) is 10.1. The molecule has 0 aromatic heterocycles.